The second-order valence-corrected chi connectivity index (χ2v) is 5.03. The maximum atomic E-state index is 13.5. The number of nitrogens with one attached hydrogen (secondary N) is 1. The molecule has 0 saturated carbocycles. The molecule has 1 saturated heterocycles. The molecule has 1 heterocycles. The van der Waals surface area contributed by atoms with Gasteiger partial charge >= 0.3 is 0 Å². The fourth-order valence-electron chi connectivity index (χ4n) is 1.92. The van der Waals surface area contributed by atoms with E-state index < -0.39 is 0 Å². The van der Waals surface area contributed by atoms with Crippen LogP contribution >= 0.6 is 27.5 Å². The van der Waals surface area contributed by atoms with Crippen LogP contribution < -0.4 is 5.32 Å². The van der Waals surface area contributed by atoms with Crippen molar-refractivity contribution in [1.82, 2.24) is 5.32 Å². The summed E-state index contributed by atoms with van der Waals surface area (Å²) in [6.45, 7) is 1.07. The van der Waals surface area contributed by atoms with Gasteiger partial charge in [-0.15, -0.1) is 0 Å². The Morgan fingerprint density at radius 3 is 3.00 bits per heavy atom. The van der Waals surface area contributed by atoms with Crippen molar-refractivity contribution >= 4 is 27.5 Å². The van der Waals surface area contributed by atoms with Crippen molar-refractivity contribution in [1.29, 1.82) is 0 Å². The molecule has 0 amide bonds. The molecule has 1 fully saturated rings. The predicted octanol–water partition coefficient (Wildman–Crippen LogP) is 3.54. The number of benzene rings is 1. The van der Waals surface area contributed by atoms with Crippen LogP contribution in [0.5, 0.6) is 0 Å². The molecule has 2 rings (SSSR count). The van der Waals surface area contributed by atoms with Gasteiger partial charge in [0.05, 0.1) is 9.50 Å². The van der Waals surface area contributed by atoms with Crippen LogP contribution in [0.3, 0.4) is 0 Å². The predicted molar refractivity (Wildman–Crippen MR) is 63.8 cm³/mol. The Morgan fingerprint density at radius 2 is 2.33 bits per heavy atom. The minimum atomic E-state index is -0.354. The lowest BCUT2D eigenvalue weighted by Crippen LogP contribution is -2.23. The Balaban J connectivity index is 2.17. The number of rotatable bonds is 2. The van der Waals surface area contributed by atoms with Crippen molar-refractivity contribution in [2.24, 2.45) is 0 Å². The van der Waals surface area contributed by atoms with Gasteiger partial charge in [-0.25, -0.2) is 4.39 Å². The minimum Gasteiger partial charge on any atom is -0.314 e. The van der Waals surface area contributed by atoms with E-state index in [-0.39, 0.29) is 10.8 Å². The zero-order valence-corrected chi connectivity index (χ0v) is 10.5. The minimum absolute atomic E-state index is 0.171. The first-order valence-corrected chi connectivity index (χ1v) is 6.21. The molecule has 4 heteroatoms. The molecule has 0 aromatic heterocycles. The van der Waals surface area contributed by atoms with Gasteiger partial charge in [-0.05, 0) is 53.4 Å². The molecule has 1 aliphatic heterocycles. The average Bonchev–Trinajstić information content (AvgIpc) is 2.72. The molecule has 1 nitrogen and oxygen atoms in total. The van der Waals surface area contributed by atoms with E-state index in [1.54, 1.807) is 6.07 Å². The van der Waals surface area contributed by atoms with Crippen molar-refractivity contribution in [2.45, 2.75) is 25.3 Å². The Bertz CT molecular complexity index is 364. The molecule has 0 spiro atoms. The van der Waals surface area contributed by atoms with Crippen molar-refractivity contribution in [2.75, 3.05) is 6.54 Å². The van der Waals surface area contributed by atoms with Crippen molar-refractivity contribution < 1.29 is 4.39 Å². The normalized spacial score (nSPS) is 20.9. The van der Waals surface area contributed by atoms with Gasteiger partial charge in [-0.3, -0.25) is 0 Å². The summed E-state index contributed by atoms with van der Waals surface area (Å²) < 4.78 is 14.0. The summed E-state index contributed by atoms with van der Waals surface area (Å²) in [5.74, 6) is -0.354. The van der Waals surface area contributed by atoms with Crippen LogP contribution in [0, 0.1) is 5.82 Å². The van der Waals surface area contributed by atoms with Gasteiger partial charge in [0.25, 0.3) is 0 Å². The third kappa shape index (κ3) is 2.52. The second-order valence-electron chi connectivity index (χ2n) is 3.83. The summed E-state index contributed by atoms with van der Waals surface area (Å²) in [6.07, 6.45) is 3.23. The van der Waals surface area contributed by atoms with Crippen LogP contribution in [0.4, 0.5) is 4.39 Å². The third-order valence-corrected chi connectivity index (χ3v) is 3.89. The first kappa shape index (κ1) is 11.4. The van der Waals surface area contributed by atoms with Crippen LogP contribution in [0.2, 0.25) is 5.02 Å². The molecule has 1 atom stereocenters. The highest BCUT2D eigenvalue weighted by Gasteiger charge is 2.17. The van der Waals surface area contributed by atoms with Gasteiger partial charge in [0, 0.05) is 6.04 Å². The molecular formula is C11H12BrClFN. The van der Waals surface area contributed by atoms with Crippen molar-refractivity contribution in [3.8, 4) is 0 Å². The van der Waals surface area contributed by atoms with E-state index in [4.69, 9.17) is 11.6 Å². The quantitative estimate of drug-likeness (QED) is 0.822. The van der Waals surface area contributed by atoms with Crippen LogP contribution in [0.1, 0.15) is 18.4 Å². The molecular weight excluding hydrogens is 280 g/mol. The average molecular weight is 293 g/mol. The number of halogens is 3. The lowest BCUT2D eigenvalue weighted by Gasteiger charge is -2.12. The second kappa shape index (κ2) is 4.81. The van der Waals surface area contributed by atoms with Gasteiger partial charge < -0.3 is 5.32 Å². The van der Waals surface area contributed by atoms with Crippen LogP contribution in [0.15, 0.2) is 16.6 Å². The molecule has 1 aromatic rings. The van der Waals surface area contributed by atoms with Crippen molar-refractivity contribution in [3.63, 3.8) is 0 Å². The zero-order chi connectivity index (χ0) is 10.8. The topological polar surface area (TPSA) is 12.0 Å². The van der Waals surface area contributed by atoms with E-state index in [2.05, 4.69) is 21.2 Å². The highest BCUT2D eigenvalue weighted by Crippen LogP contribution is 2.28. The fourth-order valence-corrected chi connectivity index (χ4v) is 2.70. The summed E-state index contributed by atoms with van der Waals surface area (Å²) in [6, 6.07) is 3.98. The molecule has 0 aliphatic carbocycles. The first-order valence-electron chi connectivity index (χ1n) is 5.04. The van der Waals surface area contributed by atoms with Crippen molar-refractivity contribution in [3.05, 3.63) is 33.0 Å². The molecule has 1 N–H and O–H groups in total. The summed E-state index contributed by atoms with van der Waals surface area (Å²) in [5, 5.41) is 3.56. The Labute approximate surface area is 102 Å². The highest BCUT2D eigenvalue weighted by atomic mass is 79.9. The largest absolute Gasteiger partial charge is 0.314 e. The lowest BCUT2D eigenvalue weighted by molar-refractivity contribution is 0.588. The molecule has 0 radical (unpaired) electrons. The maximum Gasteiger partial charge on any atom is 0.156 e. The highest BCUT2D eigenvalue weighted by molar-refractivity contribution is 9.10. The standard InChI is InChI=1S/C11H12BrClFN/c12-10-7(3-4-9(13)11(10)14)6-8-2-1-5-15-8/h3-4,8,15H,1-2,5-6H2. The van der Waals surface area contributed by atoms with Crippen LogP contribution in [0.25, 0.3) is 0 Å². The molecule has 1 unspecified atom stereocenters. The third-order valence-electron chi connectivity index (χ3n) is 2.74. The monoisotopic (exact) mass is 291 g/mol. The Morgan fingerprint density at radius 1 is 1.53 bits per heavy atom. The van der Waals surface area contributed by atoms with E-state index in [1.165, 1.54) is 6.42 Å². The van der Waals surface area contributed by atoms with Gasteiger partial charge in [-0.1, -0.05) is 17.7 Å². The Kier molecular flexibility index (Phi) is 3.65. The molecule has 0 bridgehead atoms. The molecule has 1 aliphatic rings. The van der Waals surface area contributed by atoms with E-state index in [1.807, 2.05) is 6.07 Å². The maximum absolute atomic E-state index is 13.5. The van der Waals surface area contributed by atoms with Gasteiger partial charge in [0.15, 0.2) is 5.82 Å². The fraction of sp³-hybridized carbons (Fsp3) is 0.455. The molecule has 1 aromatic carbocycles. The van der Waals surface area contributed by atoms with E-state index in [9.17, 15) is 4.39 Å². The first-order chi connectivity index (χ1) is 7.18. The summed E-state index contributed by atoms with van der Waals surface area (Å²) in [7, 11) is 0. The number of hydrogen-bond donors (Lipinski definition) is 1. The zero-order valence-electron chi connectivity index (χ0n) is 8.19. The van der Waals surface area contributed by atoms with E-state index in [0.717, 1.165) is 24.9 Å². The van der Waals surface area contributed by atoms with Crippen LogP contribution in [-0.2, 0) is 6.42 Å². The van der Waals surface area contributed by atoms with Gasteiger partial charge in [0.2, 0.25) is 0 Å². The molecule has 15 heavy (non-hydrogen) atoms. The van der Waals surface area contributed by atoms with Crippen LogP contribution in [-0.4, -0.2) is 12.6 Å². The summed E-state index contributed by atoms with van der Waals surface area (Å²) in [4.78, 5) is 0. The lowest BCUT2D eigenvalue weighted by atomic mass is 10.0. The van der Waals surface area contributed by atoms with Gasteiger partial charge in [0.1, 0.15) is 0 Å². The van der Waals surface area contributed by atoms with E-state index in [0.29, 0.717) is 10.5 Å². The molecule has 82 valence electrons. The van der Waals surface area contributed by atoms with Gasteiger partial charge in [-0.2, -0.15) is 0 Å². The number of hydrogen-bond acceptors (Lipinski definition) is 1. The van der Waals surface area contributed by atoms with E-state index >= 15 is 0 Å². The smallest absolute Gasteiger partial charge is 0.156 e. The SMILES string of the molecule is Fc1c(Cl)ccc(CC2CCCN2)c1Br. The summed E-state index contributed by atoms with van der Waals surface area (Å²) in [5.41, 5.74) is 0.983. The summed E-state index contributed by atoms with van der Waals surface area (Å²) >= 11 is 8.93. The Hall–Kier alpha value is -0.120.